The minimum atomic E-state index is -0.706. The smallest absolute Gasteiger partial charge is 0.123 e. The summed E-state index contributed by atoms with van der Waals surface area (Å²) in [5.74, 6) is -0.322. The summed E-state index contributed by atoms with van der Waals surface area (Å²) < 4.78 is 13.5. The number of anilines is 3. The molecule has 21 heavy (non-hydrogen) atoms. The highest BCUT2D eigenvalue weighted by atomic mass is 19.1. The number of aliphatic hydroxyl groups excluding tert-OH is 1. The van der Waals surface area contributed by atoms with E-state index in [0.717, 1.165) is 30.2 Å². The molecule has 0 aromatic heterocycles. The van der Waals surface area contributed by atoms with Crippen molar-refractivity contribution in [1.29, 1.82) is 0 Å². The Hall–Kier alpha value is -2.07. The van der Waals surface area contributed by atoms with Gasteiger partial charge in [0.05, 0.1) is 17.5 Å². The van der Waals surface area contributed by atoms with Crippen LogP contribution in [0.4, 0.5) is 21.5 Å². The van der Waals surface area contributed by atoms with Crippen molar-refractivity contribution in [1.82, 2.24) is 0 Å². The highest BCUT2D eigenvalue weighted by Gasteiger charge is 2.24. The van der Waals surface area contributed by atoms with Crippen LogP contribution in [0.3, 0.4) is 0 Å². The van der Waals surface area contributed by atoms with E-state index in [1.807, 2.05) is 12.1 Å². The number of fused-ring (bicyclic) bond motifs is 1. The molecule has 0 bridgehead atoms. The van der Waals surface area contributed by atoms with Gasteiger partial charge in [0.25, 0.3) is 0 Å². The van der Waals surface area contributed by atoms with Crippen molar-refractivity contribution in [3.05, 3.63) is 53.8 Å². The Balaban J connectivity index is 2.12. The Morgan fingerprint density at radius 3 is 2.48 bits per heavy atom. The van der Waals surface area contributed by atoms with Crippen LogP contribution >= 0.6 is 0 Å². The fourth-order valence-corrected chi connectivity index (χ4v) is 2.86. The third-order valence-corrected chi connectivity index (χ3v) is 3.97. The first kappa shape index (κ1) is 13.9. The summed E-state index contributed by atoms with van der Waals surface area (Å²) in [7, 11) is 2.07. The van der Waals surface area contributed by atoms with E-state index in [9.17, 15) is 9.50 Å². The van der Waals surface area contributed by atoms with Gasteiger partial charge in [0.15, 0.2) is 0 Å². The summed E-state index contributed by atoms with van der Waals surface area (Å²) in [6.07, 6.45) is -0.706. The Morgan fingerprint density at radius 2 is 1.76 bits per heavy atom. The molecule has 0 amide bonds. The molecule has 4 heteroatoms. The number of nitrogens with zero attached hydrogens (tertiary/aromatic N) is 2. The second-order valence-electron chi connectivity index (χ2n) is 5.44. The van der Waals surface area contributed by atoms with Crippen LogP contribution in [-0.4, -0.2) is 25.2 Å². The number of hydrogen-bond donors (Lipinski definition) is 1. The molecule has 2 aromatic carbocycles. The van der Waals surface area contributed by atoms with Crippen molar-refractivity contribution in [2.75, 3.05) is 29.9 Å². The maximum Gasteiger partial charge on any atom is 0.123 e. The summed E-state index contributed by atoms with van der Waals surface area (Å²) in [5.41, 5.74) is 3.71. The van der Waals surface area contributed by atoms with Gasteiger partial charge in [0, 0.05) is 31.4 Å². The molecule has 2 aromatic rings. The molecule has 1 heterocycles. The van der Waals surface area contributed by atoms with E-state index in [0.29, 0.717) is 5.56 Å². The number of para-hydroxylation sites is 2. The zero-order valence-electron chi connectivity index (χ0n) is 12.3. The molecule has 0 saturated heterocycles. The van der Waals surface area contributed by atoms with Crippen molar-refractivity contribution < 1.29 is 9.50 Å². The molecule has 1 N–H and O–H groups in total. The SMILES string of the molecule is CC(O)c1cc(F)ccc1N1CCN(C)c2ccccc21. The molecule has 1 aliphatic heterocycles. The van der Waals surface area contributed by atoms with Gasteiger partial charge in [-0.25, -0.2) is 4.39 Å². The highest BCUT2D eigenvalue weighted by Crippen LogP contribution is 2.39. The number of benzene rings is 2. The molecule has 1 unspecified atom stereocenters. The number of rotatable bonds is 2. The molecular weight excluding hydrogens is 267 g/mol. The van der Waals surface area contributed by atoms with Crippen molar-refractivity contribution in [2.45, 2.75) is 13.0 Å². The van der Waals surface area contributed by atoms with E-state index < -0.39 is 6.10 Å². The molecule has 3 rings (SSSR count). The summed E-state index contributed by atoms with van der Waals surface area (Å²) in [5, 5.41) is 9.96. The van der Waals surface area contributed by atoms with Gasteiger partial charge >= 0.3 is 0 Å². The van der Waals surface area contributed by atoms with Gasteiger partial charge in [-0.3, -0.25) is 0 Å². The van der Waals surface area contributed by atoms with Crippen LogP contribution in [0.15, 0.2) is 42.5 Å². The fraction of sp³-hybridized carbons (Fsp3) is 0.294. The topological polar surface area (TPSA) is 26.7 Å². The van der Waals surface area contributed by atoms with Crippen LogP contribution in [0.25, 0.3) is 0 Å². The monoisotopic (exact) mass is 286 g/mol. The lowest BCUT2D eigenvalue weighted by molar-refractivity contribution is 0.199. The molecule has 1 aliphatic rings. The molecule has 1 atom stereocenters. The van der Waals surface area contributed by atoms with Crippen LogP contribution < -0.4 is 9.80 Å². The third-order valence-electron chi connectivity index (χ3n) is 3.97. The highest BCUT2D eigenvalue weighted by molar-refractivity contribution is 5.80. The lowest BCUT2D eigenvalue weighted by Gasteiger charge is -2.38. The van der Waals surface area contributed by atoms with Crippen molar-refractivity contribution in [2.24, 2.45) is 0 Å². The Kier molecular flexibility index (Phi) is 3.55. The maximum atomic E-state index is 13.5. The third kappa shape index (κ3) is 2.47. The van der Waals surface area contributed by atoms with Crippen LogP contribution in [0.5, 0.6) is 0 Å². The number of hydrogen-bond acceptors (Lipinski definition) is 3. The molecule has 0 fully saturated rings. The van der Waals surface area contributed by atoms with Crippen LogP contribution in [-0.2, 0) is 0 Å². The van der Waals surface area contributed by atoms with E-state index in [4.69, 9.17) is 0 Å². The normalized spacial score (nSPS) is 15.8. The fourth-order valence-electron chi connectivity index (χ4n) is 2.86. The van der Waals surface area contributed by atoms with Gasteiger partial charge in [-0.1, -0.05) is 12.1 Å². The average molecular weight is 286 g/mol. The second kappa shape index (κ2) is 5.37. The van der Waals surface area contributed by atoms with Crippen molar-refractivity contribution >= 4 is 17.1 Å². The second-order valence-corrected chi connectivity index (χ2v) is 5.44. The first-order valence-corrected chi connectivity index (χ1v) is 7.13. The molecule has 3 nitrogen and oxygen atoms in total. The summed E-state index contributed by atoms with van der Waals surface area (Å²) in [4.78, 5) is 4.36. The molecule has 110 valence electrons. The molecule has 0 aliphatic carbocycles. The Labute approximate surface area is 124 Å². The Bertz CT molecular complexity index is 657. The average Bonchev–Trinajstić information content (AvgIpc) is 2.48. The maximum absolute atomic E-state index is 13.5. The van der Waals surface area contributed by atoms with E-state index >= 15 is 0 Å². The standard InChI is InChI=1S/C17H19FN2O/c1-12(21)14-11-13(18)7-8-15(14)20-10-9-19(2)16-5-3-4-6-17(16)20/h3-8,11-12,21H,9-10H2,1-2H3. The molecular formula is C17H19FN2O. The zero-order chi connectivity index (χ0) is 15.0. The molecule has 0 saturated carbocycles. The zero-order valence-corrected chi connectivity index (χ0v) is 12.3. The Morgan fingerprint density at radius 1 is 1.05 bits per heavy atom. The van der Waals surface area contributed by atoms with Crippen molar-refractivity contribution in [3.63, 3.8) is 0 Å². The number of aliphatic hydroxyl groups is 1. The summed E-state index contributed by atoms with van der Waals surface area (Å²) in [6, 6.07) is 12.8. The lowest BCUT2D eigenvalue weighted by Crippen LogP contribution is -2.36. The van der Waals surface area contributed by atoms with Gasteiger partial charge in [-0.05, 0) is 37.3 Å². The van der Waals surface area contributed by atoms with E-state index in [1.165, 1.54) is 12.1 Å². The lowest BCUT2D eigenvalue weighted by atomic mass is 10.0. The predicted molar refractivity (Wildman–Crippen MR) is 83.8 cm³/mol. The van der Waals surface area contributed by atoms with Gasteiger partial charge in [-0.2, -0.15) is 0 Å². The minimum absolute atomic E-state index is 0.322. The van der Waals surface area contributed by atoms with E-state index in [2.05, 4.69) is 29.0 Å². The number of likely N-dealkylation sites (N-methyl/N-ethyl adjacent to an activating group) is 1. The predicted octanol–water partition coefficient (Wildman–Crippen LogP) is 3.47. The molecule has 0 radical (unpaired) electrons. The summed E-state index contributed by atoms with van der Waals surface area (Å²) in [6.45, 7) is 3.35. The first-order chi connectivity index (χ1) is 10.1. The van der Waals surface area contributed by atoms with Gasteiger partial charge in [0.1, 0.15) is 5.82 Å². The minimum Gasteiger partial charge on any atom is -0.389 e. The van der Waals surface area contributed by atoms with Crippen LogP contribution in [0.2, 0.25) is 0 Å². The summed E-state index contributed by atoms with van der Waals surface area (Å²) >= 11 is 0. The van der Waals surface area contributed by atoms with Gasteiger partial charge in [0.2, 0.25) is 0 Å². The van der Waals surface area contributed by atoms with E-state index in [-0.39, 0.29) is 5.82 Å². The van der Waals surface area contributed by atoms with E-state index in [1.54, 1.807) is 13.0 Å². The quantitative estimate of drug-likeness (QED) is 0.915. The van der Waals surface area contributed by atoms with Gasteiger partial charge < -0.3 is 14.9 Å². The number of halogens is 1. The van der Waals surface area contributed by atoms with Crippen LogP contribution in [0, 0.1) is 5.82 Å². The van der Waals surface area contributed by atoms with Crippen LogP contribution in [0.1, 0.15) is 18.6 Å². The molecule has 0 spiro atoms. The largest absolute Gasteiger partial charge is 0.389 e. The van der Waals surface area contributed by atoms with Crippen molar-refractivity contribution in [3.8, 4) is 0 Å². The van der Waals surface area contributed by atoms with Gasteiger partial charge in [-0.15, -0.1) is 0 Å². The first-order valence-electron chi connectivity index (χ1n) is 7.13.